The second-order valence-electron chi connectivity index (χ2n) is 4.72. The largest absolute Gasteiger partial charge is 0.478 e. The molecule has 1 aliphatic heterocycles. The standard InChI is InChI=1S/C14H18FNO3/c15-13-8-10(3-4-12(13)14(17)18)9-16-6-5-11-2-1-7-19-11/h3-4,8,11,16H,1-2,5-7,9H2,(H,17,18). The number of rotatable bonds is 6. The van der Waals surface area contributed by atoms with Gasteiger partial charge in [-0.2, -0.15) is 0 Å². The van der Waals surface area contributed by atoms with Gasteiger partial charge < -0.3 is 15.2 Å². The molecule has 0 spiro atoms. The monoisotopic (exact) mass is 267 g/mol. The average Bonchev–Trinajstić information content (AvgIpc) is 2.87. The summed E-state index contributed by atoms with van der Waals surface area (Å²) in [5.74, 6) is -1.93. The minimum atomic E-state index is -1.24. The van der Waals surface area contributed by atoms with Crippen molar-refractivity contribution < 1.29 is 19.0 Å². The maximum Gasteiger partial charge on any atom is 0.338 e. The van der Waals surface area contributed by atoms with Crippen molar-refractivity contribution in [2.75, 3.05) is 13.2 Å². The fourth-order valence-electron chi connectivity index (χ4n) is 2.21. The van der Waals surface area contributed by atoms with E-state index in [4.69, 9.17) is 9.84 Å². The smallest absolute Gasteiger partial charge is 0.338 e. The minimum absolute atomic E-state index is 0.289. The average molecular weight is 267 g/mol. The number of carboxylic acids is 1. The molecule has 1 fully saturated rings. The van der Waals surface area contributed by atoms with Gasteiger partial charge in [0.2, 0.25) is 0 Å². The Kier molecular flexibility index (Phi) is 4.87. The van der Waals surface area contributed by atoms with Crippen LogP contribution in [0, 0.1) is 5.82 Å². The normalized spacial score (nSPS) is 18.7. The molecule has 2 rings (SSSR count). The Balaban J connectivity index is 1.76. The van der Waals surface area contributed by atoms with Crippen LogP contribution in [0.1, 0.15) is 35.2 Å². The Bertz CT molecular complexity index is 444. The number of nitrogens with one attached hydrogen (secondary N) is 1. The van der Waals surface area contributed by atoms with Gasteiger partial charge in [-0.05, 0) is 43.5 Å². The van der Waals surface area contributed by atoms with Crippen LogP contribution in [-0.4, -0.2) is 30.3 Å². The van der Waals surface area contributed by atoms with E-state index in [2.05, 4.69) is 5.32 Å². The fourth-order valence-corrected chi connectivity index (χ4v) is 2.21. The highest BCUT2D eigenvalue weighted by atomic mass is 19.1. The third-order valence-electron chi connectivity index (χ3n) is 3.26. The predicted octanol–water partition coefficient (Wildman–Crippen LogP) is 2.18. The number of carboxylic acid groups (broad SMARTS) is 1. The first kappa shape index (κ1) is 14.0. The Labute approximate surface area is 111 Å². The van der Waals surface area contributed by atoms with Crippen molar-refractivity contribution in [3.63, 3.8) is 0 Å². The van der Waals surface area contributed by atoms with E-state index in [-0.39, 0.29) is 5.56 Å². The zero-order chi connectivity index (χ0) is 13.7. The molecule has 1 atom stereocenters. The highest BCUT2D eigenvalue weighted by Gasteiger charge is 2.14. The van der Waals surface area contributed by atoms with Gasteiger partial charge >= 0.3 is 5.97 Å². The van der Waals surface area contributed by atoms with Crippen molar-refractivity contribution in [3.8, 4) is 0 Å². The molecular weight excluding hydrogens is 249 g/mol. The lowest BCUT2D eigenvalue weighted by Gasteiger charge is -2.10. The van der Waals surface area contributed by atoms with Gasteiger partial charge in [0, 0.05) is 13.2 Å². The van der Waals surface area contributed by atoms with Crippen LogP contribution < -0.4 is 5.32 Å². The fraction of sp³-hybridized carbons (Fsp3) is 0.500. The summed E-state index contributed by atoms with van der Waals surface area (Å²) in [5.41, 5.74) is 0.456. The topological polar surface area (TPSA) is 58.6 Å². The van der Waals surface area contributed by atoms with Crippen LogP contribution in [0.2, 0.25) is 0 Å². The first-order valence-corrected chi connectivity index (χ1v) is 6.51. The molecule has 1 saturated heterocycles. The maximum absolute atomic E-state index is 13.4. The van der Waals surface area contributed by atoms with E-state index < -0.39 is 11.8 Å². The summed E-state index contributed by atoms with van der Waals surface area (Å²) in [5, 5.41) is 11.9. The van der Waals surface area contributed by atoms with Crippen LogP contribution in [0.3, 0.4) is 0 Å². The summed E-state index contributed by atoms with van der Waals surface area (Å²) in [7, 11) is 0. The van der Waals surface area contributed by atoms with E-state index in [1.165, 1.54) is 12.1 Å². The zero-order valence-corrected chi connectivity index (χ0v) is 10.7. The van der Waals surface area contributed by atoms with E-state index in [9.17, 15) is 9.18 Å². The number of carbonyl (C=O) groups is 1. The highest BCUT2D eigenvalue weighted by molar-refractivity contribution is 5.87. The molecule has 5 heteroatoms. The van der Waals surface area contributed by atoms with Crippen molar-refractivity contribution in [1.82, 2.24) is 5.32 Å². The molecule has 1 heterocycles. The second-order valence-corrected chi connectivity index (χ2v) is 4.72. The molecule has 1 aromatic rings. The van der Waals surface area contributed by atoms with E-state index in [0.29, 0.717) is 12.6 Å². The van der Waals surface area contributed by atoms with Crippen molar-refractivity contribution in [2.24, 2.45) is 0 Å². The third kappa shape index (κ3) is 4.01. The minimum Gasteiger partial charge on any atom is -0.478 e. The summed E-state index contributed by atoms with van der Waals surface area (Å²) in [6, 6.07) is 4.20. The van der Waals surface area contributed by atoms with Gasteiger partial charge in [-0.1, -0.05) is 6.07 Å². The zero-order valence-electron chi connectivity index (χ0n) is 10.7. The van der Waals surface area contributed by atoms with Crippen LogP contribution in [0.15, 0.2) is 18.2 Å². The molecule has 4 nitrogen and oxygen atoms in total. The Morgan fingerprint density at radius 3 is 3.00 bits per heavy atom. The maximum atomic E-state index is 13.4. The molecule has 0 saturated carbocycles. The third-order valence-corrected chi connectivity index (χ3v) is 3.26. The molecule has 1 unspecified atom stereocenters. The summed E-state index contributed by atoms with van der Waals surface area (Å²) in [6.45, 7) is 2.20. The van der Waals surface area contributed by atoms with E-state index in [1.54, 1.807) is 6.07 Å². The first-order valence-electron chi connectivity index (χ1n) is 6.51. The molecule has 0 aliphatic carbocycles. The SMILES string of the molecule is O=C(O)c1ccc(CNCCC2CCCO2)cc1F. The summed E-state index contributed by atoms with van der Waals surface area (Å²) < 4.78 is 18.9. The van der Waals surface area contributed by atoms with Gasteiger partial charge in [0.1, 0.15) is 5.82 Å². The number of hydrogen-bond donors (Lipinski definition) is 2. The molecule has 19 heavy (non-hydrogen) atoms. The number of benzene rings is 1. The molecular formula is C14H18FNO3. The van der Waals surface area contributed by atoms with Crippen molar-refractivity contribution in [3.05, 3.63) is 35.1 Å². The highest BCUT2D eigenvalue weighted by Crippen LogP contribution is 2.14. The lowest BCUT2D eigenvalue weighted by Crippen LogP contribution is -2.20. The second kappa shape index (κ2) is 6.63. The van der Waals surface area contributed by atoms with E-state index >= 15 is 0 Å². The van der Waals surface area contributed by atoms with Gasteiger partial charge in [0.15, 0.2) is 0 Å². The Morgan fingerprint density at radius 2 is 2.37 bits per heavy atom. The van der Waals surface area contributed by atoms with Crippen molar-refractivity contribution in [1.29, 1.82) is 0 Å². The van der Waals surface area contributed by atoms with Crippen molar-refractivity contribution >= 4 is 5.97 Å². The Morgan fingerprint density at radius 1 is 1.53 bits per heavy atom. The van der Waals surface area contributed by atoms with Gasteiger partial charge in [0.05, 0.1) is 11.7 Å². The van der Waals surface area contributed by atoms with E-state index in [0.717, 1.165) is 38.0 Å². The van der Waals surface area contributed by atoms with Crippen LogP contribution in [0.5, 0.6) is 0 Å². The van der Waals surface area contributed by atoms with Crippen LogP contribution in [0.25, 0.3) is 0 Å². The van der Waals surface area contributed by atoms with Crippen LogP contribution in [-0.2, 0) is 11.3 Å². The van der Waals surface area contributed by atoms with Crippen LogP contribution >= 0.6 is 0 Å². The quantitative estimate of drug-likeness (QED) is 0.776. The Hall–Kier alpha value is -1.46. The van der Waals surface area contributed by atoms with Gasteiger partial charge in [-0.15, -0.1) is 0 Å². The lowest BCUT2D eigenvalue weighted by molar-refractivity contribution is 0.0692. The molecule has 0 amide bonds. The van der Waals surface area contributed by atoms with E-state index in [1.807, 2.05) is 0 Å². The first-order chi connectivity index (χ1) is 9.16. The molecule has 104 valence electrons. The number of ether oxygens (including phenoxy) is 1. The van der Waals surface area contributed by atoms with Crippen LogP contribution in [0.4, 0.5) is 4.39 Å². The summed E-state index contributed by atoms with van der Waals surface area (Å²) in [6.07, 6.45) is 3.55. The van der Waals surface area contributed by atoms with Gasteiger partial charge in [-0.25, -0.2) is 9.18 Å². The molecule has 2 N–H and O–H groups in total. The number of aromatic carboxylic acids is 1. The number of hydrogen-bond acceptors (Lipinski definition) is 3. The number of halogens is 1. The van der Waals surface area contributed by atoms with Crippen molar-refractivity contribution in [2.45, 2.75) is 31.9 Å². The van der Waals surface area contributed by atoms with Gasteiger partial charge in [0.25, 0.3) is 0 Å². The predicted molar refractivity (Wildman–Crippen MR) is 68.7 cm³/mol. The molecule has 1 aromatic carbocycles. The summed E-state index contributed by atoms with van der Waals surface area (Å²) in [4.78, 5) is 10.7. The molecule has 0 aromatic heterocycles. The molecule has 0 radical (unpaired) electrons. The summed E-state index contributed by atoms with van der Waals surface area (Å²) >= 11 is 0. The van der Waals surface area contributed by atoms with Gasteiger partial charge in [-0.3, -0.25) is 0 Å². The lowest BCUT2D eigenvalue weighted by atomic mass is 10.1. The molecule has 0 bridgehead atoms. The molecule has 1 aliphatic rings.